The number of ether oxygens (including phenoxy) is 2. The Bertz CT molecular complexity index is 996. The largest absolute Gasteiger partial charge is 0.478 e. The fraction of sp³-hybridized carbons (Fsp3) is 0.200. The third kappa shape index (κ3) is 4.22. The molecule has 0 saturated carbocycles. The van der Waals surface area contributed by atoms with Crippen molar-refractivity contribution < 1.29 is 37.3 Å². The lowest BCUT2D eigenvalue weighted by Crippen LogP contribution is -2.40. The number of fused-ring (bicyclic) bond motifs is 1. The fourth-order valence-corrected chi connectivity index (χ4v) is 3.14. The van der Waals surface area contributed by atoms with E-state index < -0.39 is 29.8 Å². The first-order chi connectivity index (χ1) is 13.6. The van der Waals surface area contributed by atoms with Crippen molar-refractivity contribution in [1.82, 2.24) is 0 Å². The molecule has 1 atom stereocenters. The third-order valence-electron chi connectivity index (χ3n) is 4.16. The molecule has 2 aromatic carbocycles. The number of alkyl halides is 3. The van der Waals surface area contributed by atoms with Crippen LogP contribution >= 0.6 is 11.6 Å². The van der Waals surface area contributed by atoms with Crippen molar-refractivity contribution in [2.75, 3.05) is 6.61 Å². The Hall–Kier alpha value is -3.00. The summed E-state index contributed by atoms with van der Waals surface area (Å²) >= 11 is 6.08. The Labute approximate surface area is 168 Å². The molecule has 0 saturated heterocycles. The zero-order chi connectivity index (χ0) is 21.3. The number of hydrogen-bond donors (Lipinski definition) is 1. The van der Waals surface area contributed by atoms with E-state index >= 15 is 0 Å². The monoisotopic (exact) mass is 426 g/mol. The van der Waals surface area contributed by atoms with Gasteiger partial charge in [0.05, 0.1) is 17.7 Å². The molecule has 29 heavy (non-hydrogen) atoms. The van der Waals surface area contributed by atoms with E-state index in [0.717, 1.165) is 6.08 Å². The number of rotatable bonds is 4. The summed E-state index contributed by atoms with van der Waals surface area (Å²) in [5, 5.41) is 9.34. The molecule has 1 aliphatic rings. The number of carbonyl (C=O) groups excluding carboxylic acids is 1. The first kappa shape index (κ1) is 20.7. The zero-order valence-electron chi connectivity index (χ0n) is 14.9. The standard InChI is InChI=1S/C20H14ClF3O5/c1-2-28-19(27)11-5-3-10(4-6-11)14-9-13(21)7-12-8-15(18(25)26)17(20(22,23)24)29-16(12)14/h3-9,17H,2H2,1H3,(H,25,26). The van der Waals surface area contributed by atoms with Crippen LogP contribution in [0.4, 0.5) is 13.2 Å². The van der Waals surface area contributed by atoms with Crippen LogP contribution in [0, 0.1) is 0 Å². The van der Waals surface area contributed by atoms with Crippen molar-refractivity contribution >= 4 is 29.6 Å². The fourth-order valence-electron chi connectivity index (χ4n) is 2.91. The van der Waals surface area contributed by atoms with Gasteiger partial charge >= 0.3 is 18.1 Å². The highest BCUT2D eigenvalue weighted by molar-refractivity contribution is 6.31. The summed E-state index contributed by atoms with van der Waals surface area (Å²) in [5.41, 5.74) is 0.118. The van der Waals surface area contributed by atoms with Crippen LogP contribution in [0.15, 0.2) is 42.0 Å². The summed E-state index contributed by atoms with van der Waals surface area (Å²) in [6.45, 7) is 1.87. The number of aliphatic carboxylic acids is 1. The van der Waals surface area contributed by atoms with E-state index in [0.29, 0.717) is 5.56 Å². The number of benzene rings is 2. The highest BCUT2D eigenvalue weighted by atomic mass is 35.5. The molecular formula is C20H14ClF3O5. The minimum absolute atomic E-state index is 0.111. The molecular weight excluding hydrogens is 413 g/mol. The number of carbonyl (C=O) groups is 2. The van der Waals surface area contributed by atoms with Gasteiger partial charge in [-0.15, -0.1) is 0 Å². The van der Waals surface area contributed by atoms with Gasteiger partial charge in [-0.1, -0.05) is 23.7 Å². The smallest absolute Gasteiger partial charge is 0.430 e. The normalized spacial score (nSPS) is 15.8. The summed E-state index contributed by atoms with van der Waals surface area (Å²) in [6.07, 6.45) is -6.64. The van der Waals surface area contributed by atoms with Gasteiger partial charge in [0.15, 0.2) is 0 Å². The van der Waals surface area contributed by atoms with Crippen LogP contribution in [0.25, 0.3) is 17.2 Å². The lowest BCUT2D eigenvalue weighted by molar-refractivity contribution is -0.187. The van der Waals surface area contributed by atoms with Crippen molar-refractivity contribution in [2.24, 2.45) is 0 Å². The van der Waals surface area contributed by atoms with Gasteiger partial charge < -0.3 is 14.6 Å². The van der Waals surface area contributed by atoms with Gasteiger partial charge in [0, 0.05) is 16.1 Å². The molecule has 1 unspecified atom stereocenters. The summed E-state index contributed by atoms with van der Waals surface area (Å²) < 4.78 is 50.1. The van der Waals surface area contributed by atoms with Crippen LogP contribution in [0.2, 0.25) is 5.02 Å². The Balaban J connectivity index is 2.10. The lowest BCUT2D eigenvalue weighted by atomic mass is 9.95. The molecule has 1 N–H and O–H groups in total. The predicted molar refractivity (Wildman–Crippen MR) is 98.9 cm³/mol. The highest BCUT2D eigenvalue weighted by Gasteiger charge is 2.48. The van der Waals surface area contributed by atoms with Crippen molar-refractivity contribution in [3.05, 3.63) is 58.1 Å². The maximum absolute atomic E-state index is 13.4. The molecule has 5 nitrogen and oxygen atoms in total. The van der Waals surface area contributed by atoms with Crippen LogP contribution in [0.5, 0.6) is 5.75 Å². The number of esters is 1. The molecule has 0 amide bonds. The summed E-state index contributed by atoms with van der Waals surface area (Å²) in [4.78, 5) is 23.1. The predicted octanol–water partition coefficient (Wildman–Crippen LogP) is 4.98. The molecule has 9 heteroatoms. The van der Waals surface area contributed by atoms with E-state index in [4.69, 9.17) is 26.2 Å². The Kier molecular flexibility index (Phi) is 5.57. The van der Waals surface area contributed by atoms with Gasteiger partial charge in [-0.05, 0) is 42.8 Å². The second kappa shape index (κ2) is 7.79. The Morgan fingerprint density at radius 1 is 1.21 bits per heavy atom. The number of carboxylic acids is 1. The maximum atomic E-state index is 13.4. The molecule has 0 radical (unpaired) electrons. The molecule has 2 aromatic rings. The molecule has 0 aromatic heterocycles. The highest BCUT2D eigenvalue weighted by Crippen LogP contribution is 2.44. The quantitative estimate of drug-likeness (QED) is 0.698. The van der Waals surface area contributed by atoms with E-state index in [9.17, 15) is 22.8 Å². The van der Waals surface area contributed by atoms with Gasteiger partial charge in [-0.2, -0.15) is 13.2 Å². The van der Waals surface area contributed by atoms with Crippen LogP contribution in [-0.2, 0) is 9.53 Å². The first-order valence-corrected chi connectivity index (χ1v) is 8.79. The molecule has 1 aliphatic heterocycles. The van der Waals surface area contributed by atoms with Gasteiger partial charge in [0.25, 0.3) is 0 Å². The van der Waals surface area contributed by atoms with Crippen molar-refractivity contribution in [2.45, 2.75) is 19.2 Å². The molecule has 3 rings (SSSR count). The van der Waals surface area contributed by atoms with Crippen molar-refractivity contribution in [3.63, 3.8) is 0 Å². The molecule has 0 aliphatic carbocycles. The number of carboxylic acid groups (broad SMARTS) is 1. The van der Waals surface area contributed by atoms with Crippen LogP contribution in [0.1, 0.15) is 22.8 Å². The molecule has 152 valence electrons. The second-order valence-electron chi connectivity index (χ2n) is 6.11. The van der Waals surface area contributed by atoms with Crippen LogP contribution in [0.3, 0.4) is 0 Å². The van der Waals surface area contributed by atoms with Crippen molar-refractivity contribution in [1.29, 1.82) is 0 Å². The van der Waals surface area contributed by atoms with Crippen LogP contribution in [-0.4, -0.2) is 35.9 Å². The molecule has 0 bridgehead atoms. The second-order valence-corrected chi connectivity index (χ2v) is 6.55. The lowest BCUT2D eigenvalue weighted by Gasteiger charge is -2.28. The van der Waals surface area contributed by atoms with Gasteiger partial charge in [0.1, 0.15) is 5.75 Å². The molecule has 1 heterocycles. The first-order valence-electron chi connectivity index (χ1n) is 8.41. The third-order valence-corrected chi connectivity index (χ3v) is 4.38. The maximum Gasteiger partial charge on any atom is 0.430 e. The van der Waals surface area contributed by atoms with Gasteiger partial charge in [0.2, 0.25) is 6.10 Å². The summed E-state index contributed by atoms with van der Waals surface area (Å²) in [6, 6.07) is 8.68. The van der Waals surface area contributed by atoms with Gasteiger partial charge in [-0.25, -0.2) is 9.59 Å². The average molecular weight is 427 g/mol. The zero-order valence-corrected chi connectivity index (χ0v) is 15.7. The van der Waals surface area contributed by atoms with Crippen molar-refractivity contribution in [3.8, 4) is 16.9 Å². The minimum Gasteiger partial charge on any atom is -0.478 e. The topological polar surface area (TPSA) is 72.8 Å². The molecule has 0 fully saturated rings. The minimum atomic E-state index is -4.92. The molecule has 0 spiro atoms. The summed E-state index contributed by atoms with van der Waals surface area (Å²) in [7, 11) is 0. The van der Waals surface area contributed by atoms with Crippen LogP contribution < -0.4 is 4.74 Å². The Morgan fingerprint density at radius 3 is 2.41 bits per heavy atom. The number of hydrogen-bond acceptors (Lipinski definition) is 4. The SMILES string of the molecule is CCOC(=O)c1ccc(-c2cc(Cl)cc3c2OC(C(F)(F)F)C(C(=O)O)=C3)cc1. The Morgan fingerprint density at radius 2 is 1.86 bits per heavy atom. The average Bonchev–Trinajstić information content (AvgIpc) is 2.65. The van der Waals surface area contributed by atoms with E-state index in [1.807, 2.05) is 0 Å². The van der Waals surface area contributed by atoms with E-state index in [-0.39, 0.29) is 34.1 Å². The summed E-state index contributed by atoms with van der Waals surface area (Å²) in [5.74, 6) is -2.42. The number of halogens is 4. The van der Waals surface area contributed by atoms with E-state index in [1.165, 1.54) is 36.4 Å². The van der Waals surface area contributed by atoms with Gasteiger partial charge in [-0.3, -0.25) is 0 Å². The van der Waals surface area contributed by atoms with E-state index in [2.05, 4.69) is 0 Å². The van der Waals surface area contributed by atoms with E-state index in [1.54, 1.807) is 6.92 Å².